The summed E-state index contributed by atoms with van der Waals surface area (Å²) in [6, 6.07) is 0. The molecule has 0 aliphatic carbocycles. The van der Waals surface area contributed by atoms with Gasteiger partial charge in [-0.2, -0.15) is 8.42 Å². The van der Waals surface area contributed by atoms with E-state index >= 15 is 0 Å². The van der Waals surface area contributed by atoms with Gasteiger partial charge in [-0.05, 0) is 62.4 Å². The summed E-state index contributed by atoms with van der Waals surface area (Å²) in [5.41, 5.74) is 8.36. The van der Waals surface area contributed by atoms with Crippen LogP contribution in [0.15, 0.2) is 10.1 Å². The normalized spacial score (nSPS) is 15.0. The van der Waals surface area contributed by atoms with Crippen molar-refractivity contribution in [1.82, 2.24) is 0 Å². The molecule has 0 radical (unpaired) electrons. The Kier molecular flexibility index (Phi) is 3.93. The number of oxime groups is 1. The van der Waals surface area contributed by atoms with Gasteiger partial charge in [0, 0.05) is 6.42 Å². The van der Waals surface area contributed by atoms with Crippen molar-refractivity contribution < 1.29 is 12.7 Å². The molecule has 0 amide bonds. The molecule has 6 heteroatoms. The van der Waals surface area contributed by atoms with E-state index in [-0.39, 0.29) is 0 Å². The van der Waals surface area contributed by atoms with E-state index in [1.165, 1.54) is 27.8 Å². The first-order chi connectivity index (χ1) is 9.61. The van der Waals surface area contributed by atoms with Crippen molar-refractivity contribution in [1.29, 1.82) is 0 Å². The zero-order valence-electron chi connectivity index (χ0n) is 13.2. The third-order valence-electron chi connectivity index (χ3n) is 4.10. The second-order valence-corrected chi connectivity index (χ2v) is 7.08. The maximum absolute atomic E-state index is 11.0. The van der Waals surface area contributed by atoms with Crippen molar-refractivity contribution in [2.24, 2.45) is 10.1 Å². The Morgan fingerprint density at radius 2 is 1.67 bits per heavy atom. The molecule has 0 saturated heterocycles. The van der Waals surface area contributed by atoms with Crippen molar-refractivity contribution in [3.63, 3.8) is 0 Å². The highest BCUT2D eigenvalue weighted by atomic mass is 32.2. The number of benzene rings is 1. The first-order valence-corrected chi connectivity index (χ1v) is 8.54. The van der Waals surface area contributed by atoms with Crippen LogP contribution in [0.5, 0.6) is 0 Å². The monoisotopic (exact) mass is 308 g/mol. The quantitative estimate of drug-likeness (QED) is 0.637. The van der Waals surface area contributed by atoms with Gasteiger partial charge >= 0.3 is 10.1 Å². The lowest BCUT2D eigenvalue weighted by Gasteiger charge is -2.13. The standard InChI is InChI=1S/C15H20N2O3S/c1-8-9(2)11(4)15-13(10(8)3)7-14(16-15)12(5)17-20-21(6,18)19/h7H2,1-6H3. The SMILES string of the molecule is CC(=NOS(C)(=O)=O)C1=Nc2c(C)c(C)c(C)c(C)c2C1. The molecule has 0 saturated carbocycles. The average Bonchev–Trinajstić information content (AvgIpc) is 2.84. The van der Waals surface area contributed by atoms with Gasteiger partial charge in [-0.15, -0.1) is 0 Å². The van der Waals surface area contributed by atoms with Gasteiger partial charge in [-0.25, -0.2) is 0 Å². The van der Waals surface area contributed by atoms with E-state index in [9.17, 15) is 8.42 Å². The Balaban J connectivity index is 2.41. The predicted molar refractivity (Wildman–Crippen MR) is 85.2 cm³/mol. The molecular formula is C15H20N2O3S. The van der Waals surface area contributed by atoms with E-state index < -0.39 is 10.1 Å². The van der Waals surface area contributed by atoms with Gasteiger partial charge in [0.1, 0.15) is 5.71 Å². The summed E-state index contributed by atoms with van der Waals surface area (Å²) in [6.07, 6.45) is 1.63. The lowest BCUT2D eigenvalue weighted by Crippen LogP contribution is -2.12. The molecule has 5 nitrogen and oxygen atoms in total. The molecule has 0 spiro atoms. The van der Waals surface area contributed by atoms with Crippen molar-refractivity contribution in [2.45, 2.75) is 41.0 Å². The molecule has 0 fully saturated rings. The minimum Gasteiger partial charge on any atom is -0.268 e. The average molecular weight is 308 g/mol. The van der Waals surface area contributed by atoms with Crippen LogP contribution < -0.4 is 0 Å². The number of rotatable bonds is 3. The maximum atomic E-state index is 11.0. The van der Waals surface area contributed by atoms with Gasteiger partial charge in [0.15, 0.2) is 0 Å². The van der Waals surface area contributed by atoms with Gasteiger partial charge in [-0.1, -0.05) is 5.16 Å². The fraction of sp³-hybridized carbons (Fsp3) is 0.467. The number of hydrogen-bond acceptors (Lipinski definition) is 5. The molecule has 0 unspecified atom stereocenters. The Bertz CT molecular complexity index is 775. The molecule has 1 aromatic rings. The van der Waals surface area contributed by atoms with E-state index in [0.717, 1.165) is 17.7 Å². The minimum atomic E-state index is -3.59. The lowest BCUT2D eigenvalue weighted by atomic mass is 9.91. The van der Waals surface area contributed by atoms with Crippen LogP contribution in [0.2, 0.25) is 0 Å². The first-order valence-electron chi connectivity index (χ1n) is 6.72. The summed E-state index contributed by atoms with van der Waals surface area (Å²) in [5.74, 6) is 0. The molecule has 1 aliphatic heterocycles. The Labute approximate surface area is 125 Å². The third-order valence-corrected chi connectivity index (χ3v) is 4.44. The van der Waals surface area contributed by atoms with Crippen LogP contribution in [0, 0.1) is 27.7 Å². The predicted octanol–water partition coefficient (Wildman–Crippen LogP) is 2.90. The van der Waals surface area contributed by atoms with Crippen molar-refractivity contribution in [3.05, 3.63) is 27.8 Å². The molecule has 0 bridgehead atoms. The zero-order chi connectivity index (χ0) is 15.9. The molecule has 0 atom stereocenters. The zero-order valence-corrected chi connectivity index (χ0v) is 14.1. The lowest BCUT2D eigenvalue weighted by molar-refractivity contribution is 0.343. The summed E-state index contributed by atoms with van der Waals surface area (Å²) in [4.78, 5) is 4.63. The van der Waals surface area contributed by atoms with Crippen LogP contribution in [0.1, 0.15) is 34.7 Å². The first kappa shape index (κ1) is 15.7. The van der Waals surface area contributed by atoms with E-state index in [0.29, 0.717) is 12.1 Å². The molecule has 1 heterocycles. The van der Waals surface area contributed by atoms with Crippen molar-refractivity contribution in [2.75, 3.05) is 6.26 Å². The summed E-state index contributed by atoms with van der Waals surface area (Å²) in [7, 11) is -3.59. The fourth-order valence-corrected chi connectivity index (χ4v) is 2.71. The largest absolute Gasteiger partial charge is 0.325 e. The van der Waals surface area contributed by atoms with Gasteiger partial charge in [0.05, 0.1) is 17.7 Å². The third kappa shape index (κ3) is 3.00. The highest BCUT2D eigenvalue weighted by Gasteiger charge is 2.23. The maximum Gasteiger partial charge on any atom is 0.325 e. The molecule has 0 aromatic heterocycles. The molecule has 2 rings (SSSR count). The summed E-state index contributed by atoms with van der Waals surface area (Å²) >= 11 is 0. The van der Waals surface area contributed by atoms with Gasteiger partial charge in [0.25, 0.3) is 0 Å². The Morgan fingerprint density at radius 3 is 2.24 bits per heavy atom. The number of nitrogens with zero attached hydrogens (tertiary/aromatic N) is 2. The summed E-state index contributed by atoms with van der Waals surface area (Å²) in [6.45, 7) is 10.1. The fourth-order valence-electron chi connectivity index (χ4n) is 2.47. The molecule has 1 aromatic carbocycles. The van der Waals surface area contributed by atoms with Crippen LogP contribution in [-0.4, -0.2) is 26.1 Å². The van der Waals surface area contributed by atoms with Crippen LogP contribution in [0.4, 0.5) is 5.69 Å². The number of fused-ring (bicyclic) bond motifs is 1. The van der Waals surface area contributed by atoms with E-state index in [4.69, 9.17) is 0 Å². The smallest absolute Gasteiger partial charge is 0.268 e. The van der Waals surface area contributed by atoms with Crippen LogP contribution in [0.3, 0.4) is 0 Å². The number of aliphatic imine (C=N–C) groups is 1. The van der Waals surface area contributed by atoms with Gasteiger partial charge < -0.3 is 0 Å². The molecule has 1 aliphatic rings. The Hall–Kier alpha value is -1.69. The molecule has 21 heavy (non-hydrogen) atoms. The summed E-state index contributed by atoms with van der Waals surface area (Å²) in [5, 5.41) is 3.66. The molecule has 114 valence electrons. The van der Waals surface area contributed by atoms with Gasteiger partial charge in [0.2, 0.25) is 0 Å². The number of hydrogen-bond donors (Lipinski definition) is 0. The Morgan fingerprint density at radius 1 is 1.10 bits per heavy atom. The minimum absolute atomic E-state index is 0.491. The van der Waals surface area contributed by atoms with Crippen LogP contribution in [0.25, 0.3) is 0 Å². The second kappa shape index (κ2) is 5.26. The van der Waals surface area contributed by atoms with Crippen LogP contribution in [-0.2, 0) is 20.8 Å². The van der Waals surface area contributed by atoms with E-state index in [1.54, 1.807) is 6.92 Å². The van der Waals surface area contributed by atoms with Crippen molar-refractivity contribution in [3.8, 4) is 0 Å². The highest BCUT2D eigenvalue weighted by Crippen LogP contribution is 2.37. The van der Waals surface area contributed by atoms with Gasteiger partial charge in [-0.3, -0.25) is 9.28 Å². The second-order valence-electron chi connectivity index (χ2n) is 5.52. The van der Waals surface area contributed by atoms with Crippen LogP contribution >= 0.6 is 0 Å². The topological polar surface area (TPSA) is 68.1 Å². The molecular weight excluding hydrogens is 288 g/mol. The highest BCUT2D eigenvalue weighted by molar-refractivity contribution is 7.85. The molecule has 0 N–H and O–H groups in total. The van der Waals surface area contributed by atoms with Crippen molar-refractivity contribution >= 4 is 27.2 Å². The van der Waals surface area contributed by atoms with E-state index in [2.05, 4.69) is 42.1 Å². The van der Waals surface area contributed by atoms with E-state index in [1.807, 2.05) is 0 Å². The summed E-state index contributed by atoms with van der Waals surface area (Å²) < 4.78 is 26.5.